The van der Waals surface area contributed by atoms with Gasteiger partial charge >= 0.3 is 0 Å². The van der Waals surface area contributed by atoms with E-state index in [0.717, 1.165) is 43.9 Å². The van der Waals surface area contributed by atoms with Crippen molar-refractivity contribution in [1.82, 2.24) is 29.2 Å². The SMILES string of the molecule is Cn1cc(-c2cnc3n2C[C@H]2CN(Cc4ccccn4)C[C@@H]2C3)cn1. The number of hydrogen-bond donors (Lipinski definition) is 0. The van der Waals surface area contributed by atoms with Gasteiger partial charge in [-0.25, -0.2) is 4.98 Å². The molecule has 0 bridgehead atoms. The van der Waals surface area contributed by atoms with Crippen LogP contribution in [-0.4, -0.2) is 42.3 Å². The van der Waals surface area contributed by atoms with Crippen LogP contribution in [0.4, 0.5) is 0 Å². The predicted molar refractivity (Wildman–Crippen MR) is 94.6 cm³/mol. The smallest absolute Gasteiger partial charge is 0.109 e. The van der Waals surface area contributed by atoms with Crippen molar-refractivity contribution in [3.8, 4) is 11.3 Å². The Balaban J connectivity index is 1.35. The minimum Gasteiger partial charge on any atom is -0.328 e. The van der Waals surface area contributed by atoms with Gasteiger partial charge < -0.3 is 4.57 Å². The van der Waals surface area contributed by atoms with Crippen LogP contribution in [0.1, 0.15) is 11.5 Å². The number of imidazole rings is 1. The Labute approximate surface area is 147 Å². The van der Waals surface area contributed by atoms with E-state index in [4.69, 9.17) is 4.98 Å². The molecule has 6 nitrogen and oxygen atoms in total. The van der Waals surface area contributed by atoms with E-state index in [1.807, 2.05) is 36.4 Å². The maximum absolute atomic E-state index is 4.71. The number of aryl methyl sites for hydroxylation is 1. The monoisotopic (exact) mass is 334 g/mol. The van der Waals surface area contributed by atoms with E-state index < -0.39 is 0 Å². The molecule has 0 radical (unpaired) electrons. The van der Waals surface area contributed by atoms with Crippen LogP contribution in [0.2, 0.25) is 0 Å². The minimum atomic E-state index is 0.695. The number of rotatable bonds is 3. The van der Waals surface area contributed by atoms with Crippen LogP contribution in [-0.2, 0) is 26.6 Å². The summed E-state index contributed by atoms with van der Waals surface area (Å²) in [4.78, 5) is 11.7. The summed E-state index contributed by atoms with van der Waals surface area (Å²) < 4.78 is 4.26. The molecule has 0 spiro atoms. The number of pyridine rings is 1. The van der Waals surface area contributed by atoms with Crippen molar-refractivity contribution >= 4 is 0 Å². The molecule has 6 heteroatoms. The van der Waals surface area contributed by atoms with Gasteiger partial charge in [0.2, 0.25) is 0 Å². The van der Waals surface area contributed by atoms with Gasteiger partial charge in [-0.15, -0.1) is 0 Å². The van der Waals surface area contributed by atoms with Gasteiger partial charge in [-0.1, -0.05) is 6.07 Å². The zero-order valence-corrected chi connectivity index (χ0v) is 14.4. The maximum Gasteiger partial charge on any atom is 0.109 e. The molecule has 3 aromatic rings. The van der Waals surface area contributed by atoms with Crippen LogP contribution in [0, 0.1) is 11.8 Å². The van der Waals surface area contributed by atoms with E-state index >= 15 is 0 Å². The van der Waals surface area contributed by atoms with Crippen LogP contribution >= 0.6 is 0 Å². The molecule has 0 aliphatic carbocycles. The van der Waals surface area contributed by atoms with Gasteiger partial charge in [0.15, 0.2) is 0 Å². The molecular formula is C19H22N6. The lowest BCUT2D eigenvalue weighted by Crippen LogP contribution is -2.28. The third kappa shape index (κ3) is 2.66. The van der Waals surface area contributed by atoms with Crippen LogP contribution in [0.3, 0.4) is 0 Å². The van der Waals surface area contributed by atoms with E-state index in [1.165, 1.54) is 11.5 Å². The first-order valence-electron chi connectivity index (χ1n) is 8.92. The highest BCUT2D eigenvalue weighted by Gasteiger charge is 2.38. The van der Waals surface area contributed by atoms with Gasteiger partial charge in [0.1, 0.15) is 5.82 Å². The van der Waals surface area contributed by atoms with Crippen molar-refractivity contribution in [2.45, 2.75) is 19.5 Å². The predicted octanol–water partition coefficient (Wildman–Crippen LogP) is 1.98. The van der Waals surface area contributed by atoms with Crippen molar-refractivity contribution in [2.24, 2.45) is 18.9 Å². The van der Waals surface area contributed by atoms with E-state index in [0.29, 0.717) is 11.8 Å². The third-order valence-corrected chi connectivity index (χ3v) is 5.56. The molecule has 3 aromatic heterocycles. The first-order chi connectivity index (χ1) is 12.3. The normalized spacial score (nSPS) is 22.8. The average Bonchev–Trinajstić information content (AvgIpc) is 3.31. The number of likely N-dealkylation sites (tertiary alicyclic amines) is 1. The highest BCUT2D eigenvalue weighted by Crippen LogP contribution is 2.35. The van der Waals surface area contributed by atoms with Gasteiger partial charge in [-0.2, -0.15) is 5.10 Å². The quantitative estimate of drug-likeness (QED) is 0.735. The Morgan fingerprint density at radius 2 is 2.00 bits per heavy atom. The molecule has 1 fully saturated rings. The Morgan fingerprint density at radius 3 is 2.80 bits per heavy atom. The van der Waals surface area contributed by atoms with Crippen LogP contribution in [0.5, 0.6) is 0 Å². The van der Waals surface area contributed by atoms with E-state index in [9.17, 15) is 0 Å². The highest BCUT2D eigenvalue weighted by molar-refractivity contribution is 5.57. The van der Waals surface area contributed by atoms with Gasteiger partial charge in [0, 0.05) is 57.6 Å². The van der Waals surface area contributed by atoms with Crippen molar-refractivity contribution in [1.29, 1.82) is 0 Å². The zero-order valence-electron chi connectivity index (χ0n) is 14.4. The minimum absolute atomic E-state index is 0.695. The molecule has 0 unspecified atom stereocenters. The number of fused-ring (bicyclic) bond motifs is 2. The first-order valence-corrected chi connectivity index (χ1v) is 8.92. The van der Waals surface area contributed by atoms with Crippen LogP contribution < -0.4 is 0 Å². The van der Waals surface area contributed by atoms with Crippen LogP contribution in [0.25, 0.3) is 11.3 Å². The van der Waals surface area contributed by atoms with Crippen molar-refractivity contribution in [3.05, 3.63) is 54.5 Å². The Morgan fingerprint density at radius 1 is 1.08 bits per heavy atom. The summed E-state index contributed by atoms with van der Waals surface area (Å²) in [6.45, 7) is 4.30. The molecule has 25 heavy (non-hydrogen) atoms. The summed E-state index contributed by atoms with van der Waals surface area (Å²) in [6.07, 6.45) is 8.97. The molecule has 2 aliphatic heterocycles. The van der Waals surface area contributed by atoms with Crippen LogP contribution in [0.15, 0.2) is 43.0 Å². The highest BCUT2D eigenvalue weighted by atomic mass is 15.2. The average molecular weight is 334 g/mol. The molecule has 1 saturated heterocycles. The summed E-state index contributed by atoms with van der Waals surface area (Å²) in [5, 5.41) is 4.31. The number of nitrogens with zero attached hydrogens (tertiary/aromatic N) is 6. The maximum atomic E-state index is 4.71. The largest absolute Gasteiger partial charge is 0.328 e. The summed E-state index contributed by atoms with van der Waals surface area (Å²) in [6, 6.07) is 6.17. The molecule has 2 atom stereocenters. The lowest BCUT2D eigenvalue weighted by molar-refractivity contribution is 0.304. The molecule has 0 amide bonds. The molecule has 0 N–H and O–H groups in total. The van der Waals surface area contributed by atoms with E-state index in [-0.39, 0.29) is 0 Å². The fourth-order valence-electron chi connectivity index (χ4n) is 4.36. The standard InChI is InChI=1S/C19H22N6/c1-23-9-15(7-22-23)18-8-21-19-6-14-10-24(11-16(14)12-25(18)19)13-17-4-2-3-5-20-17/h2-5,7-9,14,16H,6,10-13H2,1H3/t14-,16+/m0/s1. The fraction of sp³-hybridized carbons (Fsp3) is 0.421. The van der Waals surface area contributed by atoms with Gasteiger partial charge in [-0.05, 0) is 24.0 Å². The van der Waals surface area contributed by atoms with Gasteiger partial charge in [0.25, 0.3) is 0 Å². The molecule has 128 valence electrons. The van der Waals surface area contributed by atoms with Crippen molar-refractivity contribution in [2.75, 3.05) is 13.1 Å². The second-order valence-corrected chi connectivity index (χ2v) is 7.31. The Bertz CT molecular complexity index is 880. The molecule has 0 aromatic carbocycles. The zero-order chi connectivity index (χ0) is 16.8. The van der Waals surface area contributed by atoms with E-state index in [2.05, 4.69) is 37.9 Å². The second kappa shape index (κ2) is 5.81. The molecule has 5 heterocycles. The fourth-order valence-corrected chi connectivity index (χ4v) is 4.36. The van der Waals surface area contributed by atoms with Crippen molar-refractivity contribution in [3.63, 3.8) is 0 Å². The molecule has 5 rings (SSSR count). The topological polar surface area (TPSA) is 51.8 Å². The second-order valence-electron chi connectivity index (χ2n) is 7.31. The summed E-state index contributed by atoms with van der Waals surface area (Å²) in [7, 11) is 1.96. The number of hydrogen-bond acceptors (Lipinski definition) is 4. The summed E-state index contributed by atoms with van der Waals surface area (Å²) in [5.74, 6) is 2.63. The summed E-state index contributed by atoms with van der Waals surface area (Å²) >= 11 is 0. The number of aromatic nitrogens is 5. The first kappa shape index (κ1) is 14.8. The molecule has 0 saturated carbocycles. The lowest BCUT2D eigenvalue weighted by atomic mass is 9.89. The van der Waals surface area contributed by atoms with Crippen molar-refractivity contribution < 1.29 is 0 Å². The Hall–Kier alpha value is -2.47. The van der Waals surface area contributed by atoms with Gasteiger partial charge in [-0.3, -0.25) is 14.6 Å². The molecule has 2 aliphatic rings. The molecular weight excluding hydrogens is 312 g/mol. The third-order valence-electron chi connectivity index (χ3n) is 5.56. The lowest BCUT2D eigenvalue weighted by Gasteiger charge is -2.26. The summed E-state index contributed by atoms with van der Waals surface area (Å²) in [5.41, 5.74) is 3.52. The van der Waals surface area contributed by atoms with E-state index in [1.54, 1.807) is 0 Å². The Kier molecular flexibility index (Phi) is 3.45. The van der Waals surface area contributed by atoms with Gasteiger partial charge in [0.05, 0.1) is 23.8 Å².